The van der Waals surface area contributed by atoms with Crippen LogP contribution < -0.4 is 0 Å². The Morgan fingerprint density at radius 2 is 2.14 bits per heavy atom. The normalized spacial score (nSPS) is 17.5. The van der Waals surface area contributed by atoms with Gasteiger partial charge in [0.25, 0.3) is 10.0 Å². The van der Waals surface area contributed by atoms with E-state index in [2.05, 4.69) is 0 Å². The maximum absolute atomic E-state index is 12.4. The standard InChI is InChI=1S/C14H22N2O4S2/c1-2-15(9-10-17)14(18)12-5-7-16(8-6-12)22(19,20)13-4-3-11-21-13/h3-4,11-12,17H,2,5-10H2,1H3. The molecule has 0 bridgehead atoms. The molecule has 0 saturated carbocycles. The van der Waals surface area contributed by atoms with E-state index in [1.165, 1.54) is 15.6 Å². The van der Waals surface area contributed by atoms with E-state index >= 15 is 0 Å². The minimum Gasteiger partial charge on any atom is -0.395 e. The number of nitrogens with zero attached hydrogens (tertiary/aromatic N) is 2. The van der Waals surface area contributed by atoms with Gasteiger partial charge in [-0.3, -0.25) is 4.79 Å². The van der Waals surface area contributed by atoms with Gasteiger partial charge in [0, 0.05) is 32.1 Å². The van der Waals surface area contributed by atoms with Crippen LogP contribution in [0.1, 0.15) is 19.8 Å². The van der Waals surface area contributed by atoms with E-state index in [1.54, 1.807) is 22.4 Å². The van der Waals surface area contributed by atoms with Crippen LogP contribution in [-0.2, 0) is 14.8 Å². The summed E-state index contributed by atoms with van der Waals surface area (Å²) in [7, 11) is -3.42. The van der Waals surface area contributed by atoms with Crippen LogP contribution >= 0.6 is 11.3 Å². The molecule has 1 aromatic heterocycles. The lowest BCUT2D eigenvalue weighted by molar-refractivity contribution is -0.137. The highest BCUT2D eigenvalue weighted by atomic mass is 32.2. The Morgan fingerprint density at radius 1 is 1.45 bits per heavy atom. The predicted octanol–water partition coefficient (Wildman–Crippen LogP) is 0.990. The molecule has 1 fully saturated rings. The van der Waals surface area contributed by atoms with Crippen molar-refractivity contribution in [1.82, 2.24) is 9.21 Å². The smallest absolute Gasteiger partial charge is 0.252 e. The summed E-state index contributed by atoms with van der Waals surface area (Å²) < 4.78 is 26.7. The Kier molecular flexibility index (Phi) is 5.96. The van der Waals surface area contributed by atoms with E-state index in [-0.39, 0.29) is 18.4 Å². The van der Waals surface area contributed by atoms with Crippen LogP contribution in [0.5, 0.6) is 0 Å². The second kappa shape index (κ2) is 7.54. The average Bonchev–Trinajstić information content (AvgIpc) is 3.07. The van der Waals surface area contributed by atoms with Gasteiger partial charge in [0.05, 0.1) is 6.61 Å². The molecule has 1 saturated heterocycles. The minimum atomic E-state index is -3.42. The molecule has 124 valence electrons. The monoisotopic (exact) mass is 346 g/mol. The molecule has 0 aliphatic carbocycles. The van der Waals surface area contributed by atoms with Crippen LogP contribution in [0.3, 0.4) is 0 Å². The molecule has 22 heavy (non-hydrogen) atoms. The second-order valence-corrected chi connectivity index (χ2v) is 8.36. The summed E-state index contributed by atoms with van der Waals surface area (Å²) in [5.41, 5.74) is 0. The molecule has 1 aromatic rings. The number of aliphatic hydroxyl groups excluding tert-OH is 1. The highest BCUT2D eigenvalue weighted by Crippen LogP contribution is 2.27. The maximum atomic E-state index is 12.4. The molecule has 6 nitrogen and oxygen atoms in total. The first-order valence-corrected chi connectivity index (χ1v) is 9.76. The van der Waals surface area contributed by atoms with Gasteiger partial charge in [0.2, 0.25) is 5.91 Å². The average molecular weight is 346 g/mol. The molecule has 2 heterocycles. The van der Waals surface area contributed by atoms with E-state index in [0.717, 1.165) is 0 Å². The maximum Gasteiger partial charge on any atom is 0.252 e. The zero-order chi connectivity index (χ0) is 16.2. The van der Waals surface area contributed by atoms with Gasteiger partial charge in [-0.25, -0.2) is 8.42 Å². The van der Waals surface area contributed by atoms with Crippen molar-refractivity contribution in [3.8, 4) is 0 Å². The second-order valence-electron chi connectivity index (χ2n) is 5.25. The highest BCUT2D eigenvalue weighted by molar-refractivity contribution is 7.91. The number of carbonyl (C=O) groups excluding carboxylic acids is 1. The van der Waals surface area contributed by atoms with Gasteiger partial charge >= 0.3 is 0 Å². The SMILES string of the molecule is CCN(CCO)C(=O)C1CCN(S(=O)(=O)c2cccs2)CC1. The first-order chi connectivity index (χ1) is 10.5. The van der Waals surface area contributed by atoms with Crippen LogP contribution in [0.15, 0.2) is 21.7 Å². The van der Waals surface area contributed by atoms with E-state index in [0.29, 0.717) is 43.2 Å². The molecule has 0 aromatic carbocycles. The number of likely N-dealkylation sites (N-methyl/N-ethyl adjacent to an activating group) is 1. The van der Waals surface area contributed by atoms with Crippen LogP contribution in [0.2, 0.25) is 0 Å². The highest BCUT2D eigenvalue weighted by Gasteiger charge is 2.33. The number of carbonyl (C=O) groups is 1. The lowest BCUT2D eigenvalue weighted by atomic mass is 9.96. The third kappa shape index (κ3) is 3.68. The van der Waals surface area contributed by atoms with Crippen molar-refractivity contribution in [2.75, 3.05) is 32.8 Å². The number of thiophene rings is 1. The fourth-order valence-electron chi connectivity index (χ4n) is 2.68. The third-order valence-electron chi connectivity index (χ3n) is 3.96. The Labute approximate surface area is 135 Å². The van der Waals surface area contributed by atoms with Crippen molar-refractivity contribution < 1.29 is 18.3 Å². The van der Waals surface area contributed by atoms with Crippen molar-refractivity contribution in [1.29, 1.82) is 0 Å². The van der Waals surface area contributed by atoms with Gasteiger partial charge in [-0.15, -0.1) is 11.3 Å². The Hall–Kier alpha value is -0.960. The molecule has 0 radical (unpaired) electrons. The number of hydrogen-bond donors (Lipinski definition) is 1. The summed E-state index contributed by atoms with van der Waals surface area (Å²) in [6.07, 6.45) is 1.07. The third-order valence-corrected chi connectivity index (χ3v) is 7.23. The fraction of sp³-hybridized carbons (Fsp3) is 0.643. The minimum absolute atomic E-state index is 0.0183. The summed E-state index contributed by atoms with van der Waals surface area (Å²) in [6, 6.07) is 3.33. The Balaban J connectivity index is 1.97. The molecule has 1 aliphatic rings. The number of piperidine rings is 1. The molecule has 1 aliphatic heterocycles. The molecule has 0 spiro atoms. The fourth-order valence-corrected chi connectivity index (χ4v) is 5.30. The molecule has 1 N–H and O–H groups in total. The Bertz CT molecular complexity index is 578. The van der Waals surface area contributed by atoms with E-state index < -0.39 is 10.0 Å². The Morgan fingerprint density at radius 3 is 2.64 bits per heavy atom. The van der Waals surface area contributed by atoms with Crippen LogP contribution in [0, 0.1) is 5.92 Å². The van der Waals surface area contributed by atoms with E-state index in [1.807, 2.05) is 6.92 Å². The van der Waals surface area contributed by atoms with E-state index in [9.17, 15) is 13.2 Å². The number of hydrogen-bond acceptors (Lipinski definition) is 5. The van der Waals surface area contributed by atoms with Gasteiger partial charge in [-0.05, 0) is 31.2 Å². The molecule has 0 atom stereocenters. The van der Waals surface area contributed by atoms with Crippen molar-refractivity contribution >= 4 is 27.3 Å². The van der Waals surface area contributed by atoms with Gasteiger partial charge in [0.15, 0.2) is 0 Å². The van der Waals surface area contributed by atoms with Crippen LogP contribution in [-0.4, -0.2) is 61.4 Å². The summed E-state index contributed by atoms with van der Waals surface area (Å²) >= 11 is 1.21. The molecule has 1 amide bonds. The van der Waals surface area contributed by atoms with Gasteiger partial charge < -0.3 is 10.0 Å². The van der Waals surface area contributed by atoms with Crippen molar-refractivity contribution in [3.05, 3.63) is 17.5 Å². The zero-order valence-electron chi connectivity index (χ0n) is 12.6. The predicted molar refractivity (Wildman–Crippen MR) is 85.1 cm³/mol. The first kappa shape index (κ1) is 17.4. The molecular weight excluding hydrogens is 324 g/mol. The lowest BCUT2D eigenvalue weighted by Gasteiger charge is -2.33. The number of amides is 1. The largest absolute Gasteiger partial charge is 0.395 e. The van der Waals surface area contributed by atoms with Crippen LogP contribution in [0.4, 0.5) is 0 Å². The lowest BCUT2D eigenvalue weighted by Crippen LogP contribution is -2.44. The quantitative estimate of drug-likeness (QED) is 0.833. The van der Waals surface area contributed by atoms with Gasteiger partial charge in [-0.2, -0.15) is 4.31 Å². The number of rotatable bonds is 6. The summed E-state index contributed by atoms with van der Waals surface area (Å²) in [5, 5.41) is 10.7. The first-order valence-electron chi connectivity index (χ1n) is 7.44. The summed E-state index contributed by atoms with van der Waals surface area (Å²) in [4.78, 5) is 14.0. The molecule has 0 unspecified atom stereocenters. The van der Waals surface area contributed by atoms with Crippen LogP contribution in [0.25, 0.3) is 0 Å². The van der Waals surface area contributed by atoms with Gasteiger partial charge in [-0.1, -0.05) is 6.07 Å². The van der Waals surface area contributed by atoms with Crippen molar-refractivity contribution in [3.63, 3.8) is 0 Å². The van der Waals surface area contributed by atoms with Crippen molar-refractivity contribution in [2.24, 2.45) is 5.92 Å². The van der Waals surface area contributed by atoms with Crippen molar-refractivity contribution in [2.45, 2.75) is 24.0 Å². The molecule has 2 rings (SSSR count). The molecular formula is C14H22N2O4S2. The number of sulfonamides is 1. The zero-order valence-corrected chi connectivity index (χ0v) is 14.3. The summed E-state index contributed by atoms with van der Waals surface area (Å²) in [5.74, 6) is -0.133. The van der Waals surface area contributed by atoms with E-state index in [4.69, 9.17) is 5.11 Å². The molecule has 8 heteroatoms. The number of aliphatic hydroxyl groups is 1. The summed E-state index contributed by atoms with van der Waals surface area (Å²) in [6.45, 7) is 3.46. The topological polar surface area (TPSA) is 77.9 Å². The van der Waals surface area contributed by atoms with Gasteiger partial charge in [0.1, 0.15) is 4.21 Å².